The Bertz CT molecular complexity index is 59.8. The van der Waals surface area contributed by atoms with Gasteiger partial charge >= 0.3 is 0 Å². The van der Waals surface area contributed by atoms with Crippen molar-refractivity contribution >= 4 is 0 Å². The summed E-state index contributed by atoms with van der Waals surface area (Å²) in [5, 5.41) is 2.25. The molecule has 1 aliphatic rings. The summed E-state index contributed by atoms with van der Waals surface area (Å²) in [6.45, 7) is 0. The maximum absolute atomic E-state index is 9.18. The van der Waals surface area contributed by atoms with Crippen LogP contribution in [0.4, 0.5) is 0 Å². The molecule has 34 valence electrons. The summed E-state index contributed by atoms with van der Waals surface area (Å²) in [7, 11) is 0. The molecule has 0 atom stereocenters. The van der Waals surface area contributed by atoms with E-state index in [0.717, 1.165) is 12.8 Å². The summed E-state index contributed by atoms with van der Waals surface area (Å²) in [5.41, 5.74) is 0. The Kier molecular flexibility index (Phi) is 0.742. The molecule has 0 unspecified atom stereocenters. The van der Waals surface area contributed by atoms with Crippen LogP contribution < -0.4 is 0 Å². The van der Waals surface area contributed by atoms with Crippen LogP contribution in [0.1, 0.15) is 12.8 Å². The molecule has 0 radical (unpaired) electrons. The molecule has 0 aromatic heterocycles. The van der Waals surface area contributed by atoms with E-state index in [-0.39, 0.29) is 6.10 Å². The molecule has 1 fully saturated rings. The predicted molar refractivity (Wildman–Crippen MR) is 19.9 cm³/mol. The van der Waals surface area contributed by atoms with Gasteiger partial charge in [-0.3, -0.25) is 0 Å². The summed E-state index contributed by atoms with van der Waals surface area (Å²) in [4.78, 5) is 13.4. The zero-order valence-corrected chi connectivity index (χ0v) is 3.26. The van der Waals surface area contributed by atoms with Crippen LogP contribution in [0.15, 0.2) is 5.34 Å². The average molecular weight is 87.1 g/mol. The molecule has 1 rings (SSSR count). The SMILES string of the molecule is O=NOC1CC1. The highest BCUT2D eigenvalue weighted by Crippen LogP contribution is 2.22. The van der Waals surface area contributed by atoms with Crippen LogP contribution in [0.2, 0.25) is 0 Å². The quantitative estimate of drug-likeness (QED) is 0.370. The minimum Gasteiger partial charge on any atom is -0.361 e. The number of hydrogen-bond acceptors (Lipinski definition) is 3. The lowest BCUT2D eigenvalue weighted by Gasteiger charge is -1.79. The molecule has 0 amide bonds. The molecule has 0 heterocycles. The fraction of sp³-hybridized carbons (Fsp3) is 1.00. The Labute approximate surface area is 35.2 Å². The van der Waals surface area contributed by atoms with Crippen molar-refractivity contribution in [3.63, 3.8) is 0 Å². The summed E-state index contributed by atoms with van der Waals surface area (Å²) in [5.74, 6) is 0. The van der Waals surface area contributed by atoms with Crippen molar-refractivity contribution in [2.45, 2.75) is 18.9 Å². The number of hydrogen-bond donors (Lipinski definition) is 0. The normalized spacial score (nSPS) is 20.0. The van der Waals surface area contributed by atoms with E-state index in [0.29, 0.717) is 0 Å². The average Bonchev–Trinajstić information content (AvgIpc) is 2.21. The van der Waals surface area contributed by atoms with Gasteiger partial charge in [0.25, 0.3) is 0 Å². The summed E-state index contributed by atoms with van der Waals surface area (Å²) < 4.78 is 0. The van der Waals surface area contributed by atoms with E-state index < -0.39 is 0 Å². The van der Waals surface area contributed by atoms with Crippen LogP contribution in [0, 0.1) is 4.91 Å². The van der Waals surface area contributed by atoms with Crippen LogP contribution in [0.3, 0.4) is 0 Å². The lowest BCUT2D eigenvalue weighted by atomic mass is 10.9. The molecule has 3 nitrogen and oxygen atoms in total. The van der Waals surface area contributed by atoms with Crippen LogP contribution in [-0.2, 0) is 4.84 Å². The van der Waals surface area contributed by atoms with Crippen LogP contribution in [0.5, 0.6) is 0 Å². The highest BCUT2D eigenvalue weighted by Gasteiger charge is 2.23. The number of rotatable bonds is 2. The third-order valence-electron chi connectivity index (χ3n) is 0.716. The van der Waals surface area contributed by atoms with Crippen molar-refractivity contribution in [3.8, 4) is 0 Å². The zero-order valence-electron chi connectivity index (χ0n) is 3.26. The van der Waals surface area contributed by atoms with Gasteiger partial charge in [0.05, 0.1) is 0 Å². The fourth-order valence-corrected chi connectivity index (χ4v) is 0.234. The van der Waals surface area contributed by atoms with Crippen LogP contribution in [0.25, 0.3) is 0 Å². The first-order valence-corrected chi connectivity index (χ1v) is 1.92. The second-order valence-electron chi connectivity index (χ2n) is 1.38. The molecular weight excluding hydrogens is 82.0 g/mol. The molecule has 0 spiro atoms. The Morgan fingerprint density at radius 1 is 1.67 bits per heavy atom. The first-order valence-electron chi connectivity index (χ1n) is 1.92. The van der Waals surface area contributed by atoms with Gasteiger partial charge in [-0.2, -0.15) is 0 Å². The van der Waals surface area contributed by atoms with E-state index in [9.17, 15) is 4.91 Å². The van der Waals surface area contributed by atoms with Crippen molar-refractivity contribution in [1.29, 1.82) is 0 Å². The minimum absolute atomic E-state index is 0.169. The van der Waals surface area contributed by atoms with Gasteiger partial charge in [-0.05, 0) is 12.8 Å². The van der Waals surface area contributed by atoms with Gasteiger partial charge < -0.3 is 4.84 Å². The third kappa shape index (κ3) is 0.672. The summed E-state index contributed by atoms with van der Waals surface area (Å²) in [6, 6.07) is 0. The van der Waals surface area contributed by atoms with E-state index >= 15 is 0 Å². The monoisotopic (exact) mass is 87.0 g/mol. The minimum atomic E-state index is 0.169. The molecule has 0 saturated heterocycles. The lowest BCUT2D eigenvalue weighted by Crippen LogP contribution is -1.78. The first-order chi connectivity index (χ1) is 2.93. The second-order valence-corrected chi connectivity index (χ2v) is 1.38. The summed E-state index contributed by atoms with van der Waals surface area (Å²) >= 11 is 0. The van der Waals surface area contributed by atoms with Gasteiger partial charge in [0.2, 0.25) is 0 Å². The van der Waals surface area contributed by atoms with Gasteiger partial charge in [-0.1, -0.05) is 0 Å². The highest BCUT2D eigenvalue weighted by molar-refractivity contribution is 4.71. The Hall–Kier alpha value is -0.600. The van der Waals surface area contributed by atoms with Gasteiger partial charge in [0, 0.05) is 0 Å². The van der Waals surface area contributed by atoms with E-state index in [1.807, 2.05) is 0 Å². The van der Waals surface area contributed by atoms with E-state index in [2.05, 4.69) is 10.2 Å². The van der Waals surface area contributed by atoms with Crippen molar-refractivity contribution in [3.05, 3.63) is 4.91 Å². The van der Waals surface area contributed by atoms with Crippen molar-refractivity contribution in [2.24, 2.45) is 5.34 Å². The van der Waals surface area contributed by atoms with Crippen LogP contribution in [-0.4, -0.2) is 6.10 Å². The fourth-order valence-electron chi connectivity index (χ4n) is 0.234. The van der Waals surface area contributed by atoms with Gasteiger partial charge in [0.1, 0.15) is 6.10 Å². The maximum Gasteiger partial charge on any atom is 0.155 e. The van der Waals surface area contributed by atoms with Gasteiger partial charge in [-0.15, -0.1) is 4.91 Å². The molecular formula is C3H5NO2. The molecule has 0 aromatic rings. The largest absolute Gasteiger partial charge is 0.361 e. The van der Waals surface area contributed by atoms with E-state index in [4.69, 9.17) is 0 Å². The third-order valence-corrected chi connectivity index (χ3v) is 0.716. The second kappa shape index (κ2) is 1.24. The zero-order chi connectivity index (χ0) is 4.41. The Morgan fingerprint density at radius 3 is 2.50 bits per heavy atom. The molecule has 6 heavy (non-hydrogen) atoms. The molecule has 0 aromatic carbocycles. The maximum atomic E-state index is 9.18. The smallest absolute Gasteiger partial charge is 0.155 e. The molecule has 1 saturated carbocycles. The lowest BCUT2D eigenvalue weighted by molar-refractivity contribution is 0.124. The summed E-state index contributed by atoms with van der Waals surface area (Å²) in [6.07, 6.45) is 2.18. The van der Waals surface area contributed by atoms with E-state index in [1.165, 1.54) is 0 Å². The molecule has 0 bridgehead atoms. The molecule has 1 aliphatic carbocycles. The van der Waals surface area contributed by atoms with Gasteiger partial charge in [-0.25, -0.2) is 0 Å². The molecule has 0 N–H and O–H groups in total. The number of nitrogens with zero attached hydrogens (tertiary/aromatic N) is 1. The van der Waals surface area contributed by atoms with Gasteiger partial charge in [0.15, 0.2) is 5.34 Å². The molecule has 3 heteroatoms. The van der Waals surface area contributed by atoms with Crippen molar-refractivity contribution < 1.29 is 4.84 Å². The van der Waals surface area contributed by atoms with Crippen LogP contribution >= 0.6 is 0 Å². The topological polar surface area (TPSA) is 38.7 Å². The molecule has 0 aliphatic heterocycles. The van der Waals surface area contributed by atoms with Crippen molar-refractivity contribution in [1.82, 2.24) is 0 Å². The Morgan fingerprint density at radius 2 is 2.33 bits per heavy atom. The predicted octanol–water partition coefficient (Wildman–Crippen LogP) is 0.847. The first kappa shape index (κ1) is 3.59. The van der Waals surface area contributed by atoms with E-state index in [1.54, 1.807) is 0 Å². The van der Waals surface area contributed by atoms with Crippen molar-refractivity contribution in [2.75, 3.05) is 0 Å². The Balaban J connectivity index is 2.00. The highest BCUT2D eigenvalue weighted by atomic mass is 16.7. The standard InChI is InChI=1S/C3H5NO2/c5-4-6-3-1-2-3/h3H,1-2H2.